The first-order chi connectivity index (χ1) is 9.19. The van der Waals surface area contributed by atoms with Gasteiger partial charge < -0.3 is 10.3 Å². The Morgan fingerprint density at radius 3 is 2.79 bits per heavy atom. The summed E-state index contributed by atoms with van der Waals surface area (Å²) >= 11 is 1.75. The zero-order valence-electron chi connectivity index (χ0n) is 10.6. The van der Waals surface area contributed by atoms with Gasteiger partial charge in [-0.1, -0.05) is 13.0 Å². The molecular weight excluding hydrogens is 261 g/mol. The van der Waals surface area contributed by atoms with E-state index in [1.165, 1.54) is 15.8 Å². The summed E-state index contributed by atoms with van der Waals surface area (Å²) in [5.74, 6) is 0.0231. The lowest BCUT2D eigenvalue weighted by Crippen LogP contribution is -2.03. The molecular formula is C14H14FN3S. The molecule has 0 bridgehead atoms. The Morgan fingerprint density at radius 1 is 1.26 bits per heavy atom. The van der Waals surface area contributed by atoms with Crippen molar-refractivity contribution in [3.8, 4) is 0 Å². The van der Waals surface area contributed by atoms with Gasteiger partial charge in [0.1, 0.15) is 5.52 Å². The molecule has 2 aromatic heterocycles. The average molecular weight is 275 g/mol. The lowest BCUT2D eigenvalue weighted by Gasteiger charge is -2.04. The Hall–Kier alpha value is -1.88. The summed E-state index contributed by atoms with van der Waals surface area (Å²) < 4.78 is 15.5. The molecule has 0 aliphatic heterocycles. The lowest BCUT2D eigenvalue weighted by atomic mass is 10.3. The van der Waals surface area contributed by atoms with Crippen molar-refractivity contribution in [2.75, 3.05) is 5.73 Å². The molecule has 2 N–H and O–H groups in total. The Labute approximate surface area is 114 Å². The molecule has 0 saturated heterocycles. The van der Waals surface area contributed by atoms with Crippen LogP contribution in [0.15, 0.2) is 30.3 Å². The number of para-hydroxylation sites is 1. The molecule has 3 rings (SSSR count). The van der Waals surface area contributed by atoms with Crippen molar-refractivity contribution >= 4 is 28.3 Å². The number of aromatic nitrogens is 2. The molecule has 3 nitrogen and oxygen atoms in total. The molecule has 0 unspecified atom stereocenters. The molecule has 0 spiro atoms. The second-order valence-corrected chi connectivity index (χ2v) is 5.64. The zero-order chi connectivity index (χ0) is 13.4. The number of aryl methyl sites for hydroxylation is 1. The SMILES string of the molecule is CCc1ccc(Cn2c(N)nc3c(F)cccc32)s1. The van der Waals surface area contributed by atoms with Crippen molar-refractivity contribution in [1.82, 2.24) is 9.55 Å². The van der Waals surface area contributed by atoms with Crippen LogP contribution in [0, 0.1) is 5.82 Å². The van der Waals surface area contributed by atoms with E-state index in [1.807, 2.05) is 10.6 Å². The highest BCUT2D eigenvalue weighted by Gasteiger charge is 2.12. The molecule has 1 aromatic carbocycles. The fourth-order valence-electron chi connectivity index (χ4n) is 2.15. The van der Waals surface area contributed by atoms with E-state index in [0.717, 1.165) is 11.9 Å². The molecule has 98 valence electrons. The summed E-state index contributed by atoms with van der Waals surface area (Å²) in [4.78, 5) is 6.64. The monoisotopic (exact) mass is 275 g/mol. The minimum absolute atomic E-state index is 0.330. The molecule has 0 saturated carbocycles. The molecule has 0 aliphatic rings. The minimum atomic E-state index is -0.330. The van der Waals surface area contributed by atoms with Gasteiger partial charge in [0.25, 0.3) is 0 Å². The van der Waals surface area contributed by atoms with Gasteiger partial charge in [0, 0.05) is 9.75 Å². The Balaban J connectivity index is 2.05. The van der Waals surface area contributed by atoms with Crippen LogP contribution in [0.25, 0.3) is 11.0 Å². The Morgan fingerprint density at radius 2 is 2.05 bits per heavy atom. The smallest absolute Gasteiger partial charge is 0.201 e. The minimum Gasteiger partial charge on any atom is -0.369 e. The van der Waals surface area contributed by atoms with Crippen molar-refractivity contribution < 1.29 is 4.39 Å². The molecule has 5 heteroatoms. The van der Waals surface area contributed by atoms with Crippen molar-refractivity contribution in [3.63, 3.8) is 0 Å². The predicted octanol–water partition coefficient (Wildman–Crippen LogP) is 3.43. The van der Waals surface area contributed by atoms with Gasteiger partial charge in [0.05, 0.1) is 12.1 Å². The lowest BCUT2D eigenvalue weighted by molar-refractivity contribution is 0.637. The second kappa shape index (κ2) is 4.66. The van der Waals surface area contributed by atoms with E-state index in [0.29, 0.717) is 18.0 Å². The van der Waals surface area contributed by atoms with Gasteiger partial charge in [-0.15, -0.1) is 11.3 Å². The zero-order valence-corrected chi connectivity index (χ0v) is 11.4. The third kappa shape index (κ3) is 2.10. The van der Waals surface area contributed by atoms with Crippen LogP contribution in [0.5, 0.6) is 0 Å². The predicted molar refractivity (Wildman–Crippen MR) is 76.9 cm³/mol. The molecule has 0 amide bonds. The normalized spacial score (nSPS) is 11.3. The largest absolute Gasteiger partial charge is 0.369 e. The van der Waals surface area contributed by atoms with Crippen LogP contribution >= 0.6 is 11.3 Å². The highest BCUT2D eigenvalue weighted by atomic mass is 32.1. The summed E-state index contributed by atoms with van der Waals surface area (Å²) in [6.45, 7) is 2.77. The average Bonchev–Trinajstić information content (AvgIpc) is 2.97. The number of halogens is 1. The van der Waals surface area contributed by atoms with Crippen LogP contribution in [-0.4, -0.2) is 9.55 Å². The first-order valence-electron chi connectivity index (χ1n) is 6.17. The first kappa shape index (κ1) is 12.2. The quantitative estimate of drug-likeness (QED) is 0.796. The van der Waals surface area contributed by atoms with Gasteiger partial charge in [0.15, 0.2) is 5.82 Å². The van der Waals surface area contributed by atoms with E-state index in [2.05, 4.69) is 24.0 Å². The van der Waals surface area contributed by atoms with Gasteiger partial charge in [-0.2, -0.15) is 0 Å². The number of hydrogen-bond acceptors (Lipinski definition) is 3. The van der Waals surface area contributed by atoms with E-state index in [-0.39, 0.29) is 5.82 Å². The topological polar surface area (TPSA) is 43.8 Å². The molecule has 2 heterocycles. The number of rotatable bonds is 3. The summed E-state index contributed by atoms with van der Waals surface area (Å²) in [6, 6.07) is 9.14. The van der Waals surface area contributed by atoms with Crippen LogP contribution in [0.2, 0.25) is 0 Å². The van der Waals surface area contributed by atoms with Gasteiger partial charge >= 0.3 is 0 Å². The second-order valence-electron chi connectivity index (χ2n) is 4.39. The standard InChI is InChI=1S/C14H14FN3S/c1-2-9-6-7-10(19-9)8-18-12-5-3-4-11(15)13(12)17-14(18)16/h3-7H,2,8H2,1H3,(H2,16,17). The number of thiophene rings is 1. The van der Waals surface area contributed by atoms with Gasteiger partial charge in [-0.3, -0.25) is 0 Å². The highest BCUT2D eigenvalue weighted by Crippen LogP contribution is 2.24. The number of nitrogen functional groups attached to an aromatic ring is 1. The summed E-state index contributed by atoms with van der Waals surface area (Å²) in [6.07, 6.45) is 1.03. The van der Waals surface area contributed by atoms with Crippen molar-refractivity contribution in [3.05, 3.63) is 45.9 Å². The number of anilines is 1. The molecule has 0 atom stereocenters. The van der Waals surface area contributed by atoms with Gasteiger partial charge in [-0.25, -0.2) is 9.37 Å². The van der Waals surface area contributed by atoms with E-state index in [9.17, 15) is 4.39 Å². The summed E-state index contributed by atoms with van der Waals surface area (Å²) in [5, 5.41) is 0. The highest BCUT2D eigenvalue weighted by molar-refractivity contribution is 7.11. The van der Waals surface area contributed by atoms with Crippen LogP contribution in [0.3, 0.4) is 0 Å². The van der Waals surface area contributed by atoms with Gasteiger partial charge in [-0.05, 0) is 30.7 Å². The number of nitrogens with zero attached hydrogens (tertiary/aromatic N) is 2. The number of benzene rings is 1. The van der Waals surface area contributed by atoms with Crippen molar-refractivity contribution in [1.29, 1.82) is 0 Å². The molecule has 0 aliphatic carbocycles. The van der Waals surface area contributed by atoms with Gasteiger partial charge in [0.2, 0.25) is 5.95 Å². The van der Waals surface area contributed by atoms with Crippen LogP contribution in [0.1, 0.15) is 16.7 Å². The molecule has 0 radical (unpaired) electrons. The maximum absolute atomic E-state index is 13.6. The summed E-state index contributed by atoms with van der Waals surface area (Å²) in [7, 11) is 0. The Kier molecular flexibility index (Phi) is 2.98. The maximum atomic E-state index is 13.6. The third-order valence-electron chi connectivity index (χ3n) is 3.14. The van der Waals surface area contributed by atoms with Crippen molar-refractivity contribution in [2.45, 2.75) is 19.9 Å². The fraction of sp³-hybridized carbons (Fsp3) is 0.214. The van der Waals surface area contributed by atoms with E-state index < -0.39 is 0 Å². The first-order valence-corrected chi connectivity index (χ1v) is 6.98. The number of fused-ring (bicyclic) bond motifs is 1. The maximum Gasteiger partial charge on any atom is 0.201 e. The van der Waals surface area contributed by atoms with E-state index in [1.54, 1.807) is 17.4 Å². The Bertz CT molecular complexity index is 729. The van der Waals surface area contributed by atoms with Crippen molar-refractivity contribution in [2.24, 2.45) is 0 Å². The third-order valence-corrected chi connectivity index (χ3v) is 4.35. The number of hydrogen-bond donors (Lipinski definition) is 1. The fourth-order valence-corrected chi connectivity index (χ4v) is 3.10. The van der Waals surface area contributed by atoms with Crippen LogP contribution < -0.4 is 5.73 Å². The van der Waals surface area contributed by atoms with Crippen LogP contribution in [0.4, 0.5) is 10.3 Å². The molecule has 0 fully saturated rings. The molecule has 3 aromatic rings. The molecule has 19 heavy (non-hydrogen) atoms. The van der Waals surface area contributed by atoms with E-state index in [4.69, 9.17) is 5.73 Å². The van der Waals surface area contributed by atoms with E-state index >= 15 is 0 Å². The van der Waals surface area contributed by atoms with Crippen LogP contribution in [-0.2, 0) is 13.0 Å². The number of imidazole rings is 1. The summed E-state index contributed by atoms with van der Waals surface area (Å²) in [5.41, 5.74) is 6.98. The number of nitrogens with two attached hydrogens (primary N) is 1.